The van der Waals surface area contributed by atoms with Gasteiger partial charge < -0.3 is 24.4 Å². The average molecular weight is 378 g/mol. The highest BCUT2D eigenvalue weighted by Crippen LogP contribution is 2.22. The van der Waals surface area contributed by atoms with E-state index in [1.54, 1.807) is 43.2 Å². The van der Waals surface area contributed by atoms with E-state index in [-0.39, 0.29) is 18.4 Å². The van der Waals surface area contributed by atoms with Crippen LogP contribution in [0.25, 0.3) is 0 Å². The van der Waals surface area contributed by atoms with Gasteiger partial charge >= 0.3 is 0 Å². The molecule has 0 unspecified atom stereocenters. The van der Waals surface area contributed by atoms with E-state index in [1.165, 1.54) is 0 Å². The predicted molar refractivity (Wildman–Crippen MR) is 103 cm³/mol. The number of methoxy groups -OCH3 is 1. The summed E-state index contributed by atoms with van der Waals surface area (Å²) in [5, 5.41) is 2.88. The van der Waals surface area contributed by atoms with Gasteiger partial charge in [-0.1, -0.05) is 19.8 Å². The third kappa shape index (κ3) is 6.22. The van der Waals surface area contributed by atoms with Gasteiger partial charge in [-0.3, -0.25) is 9.59 Å². The van der Waals surface area contributed by atoms with Crippen LogP contribution in [0, 0.1) is 0 Å². The summed E-state index contributed by atoms with van der Waals surface area (Å²) in [6, 6.07) is 6.97. The molecule has 1 heterocycles. The molecular weight excluding hydrogens is 348 g/mol. The van der Waals surface area contributed by atoms with E-state index < -0.39 is 5.60 Å². The largest absolute Gasteiger partial charge is 0.484 e. The van der Waals surface area contributed by atoms with E-state index in [9.17, 15) is 9.59 Å². The van der Waals surface area contributed by atoms with Gasteiger partial charge in [0, 0.05) is 25.9 Å². The molecule has 0 bridgehead atoms. The second-order valence-corrected chi connectivity index (χ2v) is 6.80. The Labute approximate surface area is 161 Å². The number of morpholine rings is 1. The SMILES string of the molecule is CCCC[C@@](C)(OC)C(=O)Nc1ccc(OCC(=O)N2CCOCC2)cc1. The lowest BCUT2D eigenvalue weighted by Crippen LogP contribution is -2.43. The Bertz CT molecular complexity index is 613. The highest BCUT2D eigenvalue weighted by atomic mass is 16.5. The zero-order chi connectivity index (χ0) is 19.7. The quantitative estimate of drug-likeness (QED) is 0.714. The molecular formula is C20H30N2O5. The van der Waals surface area contributed by atoms with E-state index in [0.717, 1.165) is 12.8 Å². The zero-order valence-electron chi connectivity index (χ0n) is 16.5. The van der Waals surface area contributed by atoms with E-state index in [2.05, 4.69) is 12.2 Å². The van der Waals surface area contributed by atoms with Crippen molar-refractivity contribution in [3.63, 3.8) is 0 Å². The number of nitrogens with one attached hydrogen (secondary N) is 1. The van der Waals surface area contributed by atoms with Gasteiger partial charge in [0.05, 0.1) is 13.2 Å². The van der Waals surface area contributed by atoms with Crippen molar-refractivity contribution in [2.75, 3.05) is 45.3 Å². The molecule has 1 fully saturated rings. The summed E-state index contributed by atoms with van der Waals surface area (Å²) < 4.78 is 16.2. The highest BCUT2D eigenvalue weighted by Gasteiger charge is 2.32. The molecule has 1 aromatic rings. The first kappa shape index (κ1) is 21.2. The summed E-state index contributed by atoms with van der Waals surface area (Å²) in [6.07, 6.45) is 2.58. The molecule has 0 aromatic heterocycles. The molecule has 1 aromatic carbocycles. The minimum absolute atomic E-state index is 0.00945. The first-order chi connectivity index (χ1) is 13.0. The smallest absolute Gasteiger partial charge is 0.260 e. The molecule has 2 rings (SSSR count). The summed E-state index contributed by atoms with van der Waals surface area (Å²) in [7, 11) is 1.55. The van der Waals surface area contributed by atoms with Crippen LogP contribution in [0.15, 0.2) is 24.3 Å². The molecule has 2 amide bonds. The Morgan fingerprint density at radius 2 is 1.89 bits per heavy atom. The van der Waals surface area contributed by atoms with Crippen LogP contribution in [0.5, 0.6) is 5.75 Å². The van der Waals surface area contributed by atoms with E-state index in [0.29, 0.717) is 44.2 Å². The molecule has 0 spiro atoms. The molecule has 150 valence electrons. The van der Waals surface area contributed by atoms with Crippen LogP contribution in [0.2, 0.25) is 0 Å². The van der Waals surface area contributed by atoms with Gasteiger partial charge in [-0.2, -0.15) is 0 Å². The molecule has 1 aliphatic rings. The van der Waals surface area contributed by atoms with Gasteiger partial charge in [-0.25, -0.2) is 0 Å². The normalized spacial score (nSPS) is 16.5. The molecule has 0 saturated carbocycles. The van der Waals surface area contributed by atoms with Gasteiger partial charge in [0.25, 0.3) is 11.8 Å². The van der Waals surface area contributed by atoms with Crippen molar-refractivity contribution < 1.29 is 23.8 Å². The second kappa shape index (κ2) is 10.3. The summed E-state index contributed by atoms with van der Waals surface area (Å²) in [5.74, 6) is 0.354. The molecule has 1 N–H and O–H groups in total. The van der Waals surface area contributed by atoms with Crippen LogP contribution < -0.4 is 10.1 Å². The number of hydrogen-bond donors (Lipinski definition) is 1. The van der Waals surface area contributed by atoms with Crippen LogP contribution in [0.4, 0.5) is 5.69 Å². The number of anilines is 1. The van der Waals surface area contributed by atoms with E-state index >= 15 is 0 Å². The zero-order valence-corrected chi connectivity index (χ0v) is 16.5. The minimum atomic E-state index is -0.851. The van der Waals surface area contributed by atoms with Gasteiger partial charge in [0.15, 0.2) is 6.61 Å². The van der Waals surface area contributed by atoms with Gasteiger partial charge in [-0.15, -0.1) is 0 Å². The minimum Gasteiger partial charge on any atom is -0.484 e. The van der Waals surface area contributed by atoms with Gasteiger partial charge in [-0.05, 0) is 37.6 Å². The fourth-order valence-corrected chi connectivity index (χ4v) is 2.77. The van der Waals surface area contributed by atoms with Crippen LogP contribution in [-0.4, -0.2) is 62.3 Å². The van der Waals surface area contributed by atoms with Crippen molar-refractivity contribution in [1.82, 2.24) is 4.90 Å². The molecule has 7 nitrogen and oxygen atoms in total. The molecule has 1 atom stereocenters. The van der Waals surface area contributed by atoms with Crippen LogP contribution in [0.3, 0.4) is 0 Å². The molecule has 0 aliphatic carbocycles. The lowest BCUT2D eigenvalue weighted by atomic mass is 9.97. The Hall–Kier alpha value is -2.12. The molecule has 7 heteroatoms. The Morgan fingerprint density at radius 3 is 2.48 bits per heavy atom. The van der Waals surface area contributed by atoms with E-state index in [4.69, 9.17) is 14.2 Å². The first-order valence-corrected chi connectivity index (χ1v) is 9.43. The number of carbonyl (C=O) groups is 2. The monoisotopic (exact) mass is 378 g/mol. The Balaban J connectivity index is 1.85. The predicted octanol–water partition coefficient (Wildman–Crippen LogP) is 2.46. The average Bonchev–Trinajstić information content (AvgIpc) is 2.71. The third-order valence-electron chi connectivity index (χ3n) is 4.78. The summed E-state index contributed by atoms with van der Waals surface area (Å²) in [6.45, 7) is 6.21. The first-order valence-electron chi connectivity index (χ1n) is 9.43. The second-order valence-electron chi connectivity index (χ2n) is 6.80. The Kier molecular flexibility index (Phi) is 8.06. The fourth-order valence-electron chi connectivity index (χ4n) is 2.77. The Morgan fingerprint density at radius 1 is 1.22 bits per heavy atom. The number of amides is 2. The van der Waals surface area contributed by atoms with Gasteiger partial charge in [0.2, 0.25) is 0 Å². The number of hydrogen-bond acceptors (Lipinski definition) is 5. The maximum Gasteiger partial charge on any atom is 0.260 e. The van der Waals surface area contributed by atoms with E-state index in [1.807, 2.05) is 0 Å². The summed E-state index contributed by atoms with van der Waals surface area (Å²) in [5.41, 5.74) is -0.193. The lowest BCUT2D eigenvalue weighted by Gasteiger charge is -2.27. The van der Waals surface area contributed by atoms with Crippen molar-refractivity contribution in [2.45, 2.75) is 38.7 Å². The number of carbonyl (C=O) groups excluding carboxylic acids is 2. The fraction of sp³-hybridized carbons (Fsp3) is 0.600. The lowest BCUT2D eigenvalue weighted by molar-refractivity contribution is -0.137. The topological polar surface area (TPSA) is 77.1 Å². The van der Waals surface area contributed by atoms with Crippen LogP contribution in [0.1, 0.15) is 33.1 Å². The maximum absolute atomic E-state index is 12.5. The molecule has 27 heavy (non-hydrogen) atoms. The summed E-state index contributed by atoms with van der Waals surface area (Å²) in [4.78, 5) is 26.3. The van der Waals surface area contributed by atoms with Crippen molar-refractivity contribution in [3.8, 4) is 5.75 Å². The third-order valence-corrected chi connectivity index (χ3v) is 4.78. The standard InChI is InChI=1S/C20H30N2O5/c1-4-5-10-20(2,25-3)19(24)21-16-6-8-17(9-7-16)27-15-18(23)22-11-13-26-14-12-22/h6-9H,4-5,10-15H2,1-3H3,(H,21,24)/t20-/m1/s1. The maximum atomic E-state index is 12.5. The van der Waals surface area contributed by atoms with Crippen molar-refractivity contribution in [2.24, 2.45) is 0 Å². The van der Waals surface area contributed by atoms with Crippen LogP contribution in [-0.2, 0) is 19.1 Å². The number of benzene rings is 1. The van der Waals surface area contributed by atoms with Crippen molar-refractivity contribution in [3.05, 3.63) is 24.3 Å². The molecule has 0 radical (unpaired) electrons. The number of rotatable bonds is 9. The van der Waals surface area contributed by atoms with Crippen molar-refractivity contribution >= 4 is 17.5 Å². The highest BCUT2D eigenvalue weighted by molar-refractivity contribution is 5.97. The van der Waals surface area contributed by atoms with Crippen molar-refractivity contribution in [1.29, 1.82) is 0 Å². The molecule has 1 aliphatic heterocycles. The summed E-state index contributed by atoms with van der Waals surface area (Å²) >= 11 is 0. The number of ether oxygens (including phenoxy) is 3. The number of nitrogens with zero attached hydrogens (tertiary/aromatic N) is 1. The number of unbranched alkanes of at least 4 members (excludes halogenated alkanes) is 1. The van der Waals surface area contributed by atoms with Crippen LogP contribution >= 0.6 is 0 Å². The molecule has 1 saturated heterocycles. The van der Waals surface area contributed by atoms with Gasteiger partial charge in [0.1, 0.15) is 11.4 Å².